The van der Waals surface area contributed by atoms with Gasteiger partial charge in [0, 0.05) is 215 Å². The van der Waals surface area contributed by atoms with E-state index in [1.807, 2.05) is 306 Å². The van der Waals surface area contributed by atoms with Crippen molar-refractivity contribution >= 4 is 242 Å². The van der Waals surface area contributed by atoms with Crippen molar-refractivity contribution in [3.05, 3.63) is 459 Å². The zero-order valence-electron chi connectivity index (χ0n) is 81.4. The highest BCUT2D eigenvalue weighted by Crippen LogP contribution is 2.32. The molecule has 0 unspecified atom stereocenters. The Morgan fingerprint density at radius 1 is 0.201 bits per heavy atom. The van der Waals surface area contributed by atoms with Crippen molar-refractivity contribution in [2.45, 2.75) is 111 Å². The molecule has 742 valence electrons. The maximum absolute atomic E-state index is 12.3. The summed E-state index contributed by atoms with van der Waals surface area (Å²) in [5.74, 6) is -0.0137. The minimum absolute atomic E-state index is 0.000315. The van der Waals surface area contributed by atoms with Crippen LogP contribution < -0.4 is 0 Å². The van der Waals surface area contributed by atoms with Gasteiger partial charge in [-0.25, -0.2) is 9.97 Å². The fourth-order valence-corrected chi connectivity index (χ4v) is 22.0. The lowest BCUT2D eigenvalue weighted by Crippen LogP contribution is -2.08. The van der Waals surface area contributed by atoms with Crippen LogP contribution in [0.5, 0.6) is 0 Å². The van der Waals surface area contributed by atoms with Crippen LogP contribution in [0.4, 0.5) is 0 Å². The summed E-state index contributed by atoms with van der Waals surface area (Å²) in [6.45, 7) is 5.86. The summed E-state index contributed by atoms with van der Waals surface area (Å²) in [6.07, 6.45) is 11.0. The molecule has 10 aromatic carbocycles. The number of benzene rings is 10. The number of carbonyl (C=O) groups excluding carboxylic acids is 14. The van der Waals surface area contributed by atoms with Gasteiger partial charge in [0.2, 0.25) is 0 Å². The molecule has 0 spiro atoms. The third-order valence-corrected chi connectivity index (χ3v) is 31.4. The summed E-state index contributed by atoms with van der Waals surface area (Å²) in [6, 6.07) is 90.3. The molecule has 21 rings (SSSR count). The molecule has 11 aromatic heterocycles. The van der Waals surface area contributed by atoms with Crippen molar-refractivity contribution in [3.63, 3.8) is 0 Å². The van der Waals surface area contributed by atoms with E-state index in [0.29, 0.717) is 66.9 Å². The molecular weight excluding hydrogens is 2010 g/mol. The number of Topliss-reactive ketones (excluding diaryl/α,β-unsaturated/α-hetero) is 14. The van der Waals surface area contributed by atoms with Gasteiger partial charge in [-0.3, -0.25) is 77.1 Å². The number of nitrogens with zero attached hydrogens (tertiary/aromatic N) is 4. The van der Waals surface area contributed by atoms with Crippen LogP contribution in [0.1, 0.15) is 251 Å². The topological polar surface area (TPSA) is 291 Å². The highest BCUT2D eigenvalue weighted by atomic mass is 32.1. The molecule has 0 aliphatic rings. The summed E-state index contributed by atoms with van der Waals surface area (Å²) in [4.78, 5) is 186. The molecule has 0 radical (unpaired) electrons. The van der Waals surface area contributed by atoms with Crippen LogP contribution in [0.15, 0.2) is 365 Å². The minimum Gasteiger partial charge on any atom is -0.294 e. The smallest absolute Gasteiger partial charge is 0.200 e. The van der Waals surface area contributed by atoms with Gasteiger partial charge >= 0.3 is 0 Å². The van der Waals surface area contributed by atoms with Crippen LogP contribution in [0, 0.1) is 20.8 Å². The summed E-state index contributed by atoms with van der Waals surface area (Å²) in [5, 5.41) is 23.5. The second kappa shape index (κ2) is 53.6. The van der Waals surface area contributed by atoms with E-state index in [2.05, 4.69) is 19.9 Å². The molecule has 0 bridgehead atoms. The Hall–Kier alpha value is -15.6. The van der Waals surface area contributed by atoms with Crippen molar-refractivity contribution in [1.29, 1.82) is 0 Å². The second-order valence-corrected chi connectivity index (χ2v) is 42.3. The van der Waals surface area contributed by atoms with E-state index in [4.69, 9.17) is 0 Å². The van der Waals surface area contributed by atoms with E-state index in [-0.39, 0.29) is 177 Å². The molecule has 26 heteroatoms. The molecule has 0 saturated carbocycles. The first-order chi connectivity index (χ1) is 72.4. The van der Waals surface area contributed by atoms with Crippen LogP contribution in [-0.4, -0.2) is 101 Å². The molecule has 0 amide bonds. The van der Waals surface area contributed by atoms with Gasteiger partial charge in [-0.15, -0.1) is 90.7 Å². The zero-order valence-corrected chi connectivity index (χ0v) is 87.9. The Morgan fingerprint density at radius 3 is 0.846 bits per heavy atom. The molecule has 0 aliphatic carbocycles. The summed E-state index contributed by atoms with van der Waals surface area (Å²) in [5.41, 5.74) is 10.9. The van der Waals surface area contributed by atoms with E-state index in [0.717, 1.165) is 73.4 Å². The summed E-state index contributed by atoms with van der Waals surface area (Å²) >= 11 is 13.0. The van der Waals surface area contributed by atoms with Crippen molar-refractivity contribution < 1.29 is 67.1 Å². The fourth-order valence-electron chi connectivity index (χ4n) is 15.9. The van der Waals surface area contributed by atoms with Crippen LogP contribution in [0.3, 0.4) is 0 Å². The van der Waals surface area contributed by atoms with Crippen LogP contribution in [0.2, 0.25) is 0 Å². The van der Waals surface area contributed by atoms with Crippen molar-refractivity contribution in [1.82, 2.24) is 19.9 Å². The molecule has 0 saturated heterocycles. The molecular formula is C123H98N4O14S8. The lowest BCUT2D eigenvalue weighted by molar-refractivity contribution is 0.0912. The van der Waals surface area contributed by atoms with Gasteiger partial charge in [0.25, 0.3) is 0 Å². The normalized spacial score (nSPS) is 10.7. The van der Waals surface area contributed by atoms with Gasteiger partial charge < -0.3 is 0 Å². The zero-order chi connectivity index (χ0) is 104. The number of carbonyl (C=O) groups is 14. The maximum Gasteiger partial charge on any atom is 0.200 e. The van der Waals surface area contributed by atoms with E-state index in [9.17, 15) is 67.1 Å². The molecule has 0 fully saturated rings. The van der Waals surface area contributed by atoms with Gasteiger partial charge in [0.1, 0.15) is 5.69 Å². The minimum atomic E-state index is -0.208. The third-order valence-electron chi connectivity index (χ3n) is 24.2. The van der Waals surface area contributed by atoms with Gasteiger partial charge in [0.15, 0.2) is 86.8 Å². The average Bonchev–Trinajstić information content (AvgIpc) is 1.74. The van der Waals surface area contributed by atoms with Crippen LogP contribution in [-0.2, 0) is 0 Å². The van der Waals surface area contributed by atoms with E-state index < -0.39 is 0 Å². The second-order valence-electron chi connectivity index (χ2n) is 34.7. The summed E-state index contributed by atoms with van der Waals surface area (Å²) < 4.78 is 8.18. The number of pyridine rings is 2. The number of aromatic nitrogens is 4. The Bertz CT molecular complexity index is 8070. The molecule has 0 aliphatic heterocycles. The van der Waals surface area contributed by atoms with Gasteiger partial charge in [-0.1, -0.05) is 90.0 Å². The number of thiophene rings is 8. The predicted molar refractivity (Wildman–Crippen MR) is 606 cm³/mol. The molecule has 0 atom stereocenters. The first kappa shape index (κ1) is 108. The molecule has 149 heavy (non-hydrogen) atoms. The average molecular weight is 2110 g/mol. The van der Waals surface area contributed by atoms with Crippen LogP contribution >= 0.6 is 90.7 Å². The molecule has 21 aromatic rings. The van der Waals surface area contributed by atoms with E-state index in [1.54, 1.807) is 140 Å². The van der Waals surface area contributed by atoms with Crippen molar-refractivity contribution in [3.8, 4) is 0 Å². The Balaban J connectivity index is 0.000000130. The van der Waals surface area contributed by atoms with Gasteiger partial charge in [0.05, 0.1) is 4.88 Å². The third kappa shape index (κ3) is 30.8. The lowest BCUT2D eigenvalue weighted by atomic mass is 9.98. The predicted octanol–water partition coefficient (Wildman–Crippen LogP) is 31.8. The number of aryl methyl sites for hydroxylation is 3. The molecule has 11 heterocycles. The first-order valence-electron chi connectivity index (χ1n) is 47.9. The Kier molecular flexibility index (Phi) is 38.7. The van der Waals surface area contributed by atoms with Crippen LogP contribution in [0.25, 0.3) is 70.6 Å². The SMILES string of the molecule is Cc1ccc(C(=O)CCC(=O)c2ccc3sccc3c2)cc1.Cc1cccc(C(=O)CCC(=O)c2ccc3sccc3c2)c1.Cc1ccccc1C(=O)CCC(=O)c1ccc2sccc2c1.O=C(CCC(=O)c1ccc2sccc2c1)c1cccnc1.O=C(CCC(=O)c1ccccn1)c1ccc2sccc2c1.O=C(CCC(=O)c1cccs1)c1ccc2sccc2c1.O=C(CCC(=O)c1ncccn1)c1ccc2sccc2c1. The van der Waals surface area contributed by atoms with E-state index >= 15 is 0 Å². The number of fused-ring (bicyclic) bond motifs is 7. The first-order valence-corrected chi connectivity index (χ1v) is 55.0. The highest BCUT2D eigenvalue weighted by molar-refractivity contribution is 7.19. The molecule has 18 nitrogen and oxygen atoms in total. The van der Waals surface area contributed by atoms with Crippen molar-refractivity contribution in [2.75, 3.05) is 0 Å². The lowest BCUT2D eigenvalue weighted by Gasteiger charge is -2.05. The van der Waals surface area contributed by atoms with Gasteiger partial charge in [-0.2, -0.15) is 0 Å². The fraction of sp³-hybridized carbons (Fsp3) is 0.138. The number of hydrogen-bond donors (Lipinski definition) is 0. The quantitative estimate of drug-likeness (QED) is 0.0333. The van der Waals surface area contributed by atoms with Crippen molar-refractivity contribution in [2.24, 2.45) is 0 Å². The van der Waals surface area contributed by atoms with Gasteiger partial charge in [-0.05, 0) is 319 Å². The number of rotatable bonds is 35. The monoisotopic (exact) mass is 2110 g/mol. The number of ketones is 14. The summed E-state index contributed by atoms with van der Waals surface area (Å²) in [7, 11) is 0. The molecule has 0 N–H and O–H groups in total. The largest absolute Gasteiger partial charge is 0.294 e. The highest BCUT2D eigenvalue weighted by Gasteiger charge is 2.22. The standard InChI is InChI=1S/3C19H16O2S.2C17H13NO2S.C16H12N2O2S.C16H12O2S2/c1-13-2-4-14(5-3-13)17(20)7-8-18(21)15-6-9-19-16(12-15)10-11-22-19;1-13-3-2-4-14(11-13)17(20)6-7-18(21)15-5-8-19-16(12-15)9-10-22-19;1-13-4-2-3-5-16(13)18(21)8-7-17(20)14-6-9-19-15(12-14)10-11-22-19;19-15(4-5-16(20)14-2-1-8-18-11-14)12-3-6-17-13(10-12)7-9-21-17;19-15(5-6-16(20)14-3-1-2-9-18-14)12-4-7-17-13(11-12)8-10-21-17;19-13(3-4-14(20)16-17-7-1-8-18-16)11-2-5-15-12(10-11)6-9-21-15;17-13(4-5-14(18)16-2-1-8-19-16)11-3-6-15-12(10-11)7-9-20-15/h2-6,9-12H,7-8H2,1H3;2-5,8-12H,6-7H2,1H3;2-6,9-12H,7-8H2,1H3;1-3,6-11H,4-5H2;1-4,7-11H,5-6H2;1-2,5-10H,3-4H2;1-3,6-10H,4-5H2. The number of hydrogen-bond acceptors (Lipinski definition) is 26. The van der Waals surface area contributed by atoms with E-state index in [1.165, 1.54) is 48.7 Å². The Labute approximate surface area is 892 Å². The Morgan fingerprint density at radius 2 is 0.510 bits per heavy atom. The maximum atomic E-state index is 12.3.